The van der Waals surface area contributed by atoms with E-state index in [1.165, 1.54) is 5.56 Å². The molecule has 0 heterocycles. The molecular weight excluding hydrogens is 296 g/mol. The molecule has 0 N–H and O–H groups in total. The second kappa shape index (κ2) is 7.54. The Kier molecular flexibility index (Phi) is 5.72. The van der Waals surface area contributed by atoms with Crippen molar-refractivity contribution in [1.82, 2.24) is 0 Å². The van der Waals surface area contributed by atoms with Gasteiger partial charge in [0.1, 0.15) is 5.75 Å². The molecule has 0 unspecified atom stereocenters. The minimum atomic E-state index is -0.664. The maximum atomic E-state index is 11.6. The van der Waals surface area contributed by atoms with Gasteiger partial charge in [0, 0.05) is 10.5 Å². The van der Waals surface area contributed by atoms with E-state index in [2.05, 4.69) is 26.5 Å². The van der Waals surface area contributed by atoms with Crippen LogP contribution in [0.25, 0.3) is 11.1 Å². The smallest absolute Gasteiger partial charge is 0.434 e. The van der Waals surface area contributed by atoms with Crippen LogP contribution < -0.4 is 4.74 Å². The number of ether oxygens (including phenoxy) is 2. The topological polar surface area (TPSA) is 35.5 Å². The van der Waals surface area contributed by atoms with E-state index in [0.717, 1.165) is 28.9 Å². The van der Waals surface area contributed by atoms with Crippen LogP contribution in [0.15, 0.2) is 35.2 Å². The first-order valence-corrected chi connectivity index (χ1v) is 8.05. The minimum Gasteiger partial charge on any atom is -0.434 e. The quantitative estimate of drug-likeness (QED) is 0.607. The van der Waals surface area contributed by atoms with E-state index in [0.29, 0.717) is 18.3 Å². The lowest BCUT2D eigenvalue weighted by atomic mass is 10.0. The van der Waals surface area contributed by atoms with Crippen LogP contribution in [0.4, 0.5) is 4.79 Å². The van der Waals surface area contributed by atoms with Crippen molar-refractivity contribution in [2.75, 3.05) is 6.61 Å². The second-order valence-corrected chi connectivity index (χ2v) is 6.19. The third kappa shape index (κ3) is 4.17. The third-order valence-corrected chi connectivity index (χ3v) is 3.75. The summed E-state index contributed by atoms with van der Waals surface area (Å²) in [5.41, 5.74) is 3.16. The van der Waals surface area contributed by atoms with Crippen molar-refractivity contribution in [3.63, 3.8) is 0 Å². The fourth-order valence-electron chi connectivity index (χ4n) is 2.37. The first-order chi connectivity index (χ1) is 10.5. The highest BCUT2D eigenvalue weighted by atomic mass is 32.1. The summed E-state index contributed by atoms with van der Waals surface area (Å²) in [4.78, 5) is 12.5. The molecule has 0 saturated carbocycles. The van der Waals surface area contributed by atoms with Gasteiger partial charge in [0.2, 0.25) is 0 Å². The highest BCUT2D eigenvalue weighted by Gasteiger charge is 2.19. The number of hydrogen-bond donors (Lipinski definition) is 1. The third-order valence-electron chi connectivity index (χ3n) is 3.48. The van der Waals surface area contributed by atoms with Crippen molar-refractivity contribution in [2.24, 2.45) is 5.92 Å². The van der Waals surface area contributed by atoms with Crippen molar-refractivity contribution in [3.8, 4) is 16.9 Å². The molecule has 0 bridgehead atoms. The normalized spacial score (nSPS) is 11.0. The molecule has 2 aliphatic rings. The molecular formula is C18H22O3S. The van der Waals surface area contributed by atoms with E-state index in [-0.39, 0.29) is 0 Å². The standard InChI is InChI=1S/C18H22O3S/c1-4-20-18(19)21-17-10-13(9-8-12(2)3)16-11-14(22)6-5-7-15(16)17/h5-7,10-12,22H,4,8-9H2,1-3H3. The SMILES string of the molecule is CCOC(=O)Oc1cc(CCC(C)C)c2cc(S)cccc1-2. The Hall–Kier alpha value is -1.68. The van der Waals surface area contributed by atoms with Gasteiger partial charge >= 0.3 is 6.16 Å². The molecule has 0 spiro atoms. The van der Waals surface area contributed by atoms with Crippen molar-refractivity contribution in [2.45, 2.75) is 38.5 Å². The van der Waals surface area contributed by atoms with Gasteiger partial charge in [-0.1, -0.05) is 26.0 Å². The Balaban J connectivity index is 2.37. The average molecular weight is 318 g/mol. The van der Waals surface area contributed by atoms with Gasteiger partial charge < -0.3 is 9.47 Å². The highest BCUT2D eigenvalue weighted by Crippen LogP contribution is 2.39. The van der Waals surface area contributed by atoms with Crippen LogP contribution in [0.3, 0.4) is 0 Å². The number of aryl methyl sites for hydroxylation is 1. The minimum absolute atomic E-state index is 0.298. The molecule has 2 aliphatic carbocycles. The van der Waals surface area contributed by atoms with E-state index in [1.807, 2.05) is 30.3 Å². The average Bonchev–Trinajstić information content (AvgIpc) is 2.63. The van der Waals surface area contributed by atoms with E-state index in [9.17, 15) is 4.79 Å². The Bertz CT molecular complexity index is 622. The lowest BCUT2D eigenvalue weighted by Gasteiger charge is -2.05. The largest absolute Gasteiger partial charge is 0.513 e. The van der Waals surface area contributed by atoms with Gasteiger partial charge in [-0.3, -0.25) is 0 Å². The maximum Gasteiger partial charge on any atom is 0.513 e. The van der Waals surface area contributed by atoms with Crippen LogP contribution >= 0.6 is 12.6 Å². The lowest BCUT2D eigenvalue weighted by Crippen LogP contribution is -2.09. The van der Waals surface area contributed by atoms with Crippen LogP contribution in [0.5, 0.6) is 5.75 Å². The van der Waals surface area contributed by atoms with Gasteiger partial charge in [-0.25, -0.2) is 4.79 Å². The Morgan fingerprint density at radius 1 is 1.23 bits per heavy atom. The van der Waals surface area contributed by atoms with Gasteiger partial charge in [0.15, 0.2) is 0 Å². The van der Waals surface area contributed by atoms with Crippen LogP contribution in [-0.2, 0) is 11.2 Å². The summed E-state index contributed by atoms with van der Waals surface area (Å²) in [7, 11) is 0. The molecule has 4 heteroatoms. The van der Waals surface area contributed by atoms with Crippen LogP contribution in [0.2, 0.25) is 0 Å². The lowest BCUT2D eigenvalue weighted by molar-refractivity contribution is 0.104. The number of hydrogen-bond acceptors (Lipinski definition) is 4. The van der Waals surface area contributed by atoms with Gasteiger partial charge in [0.25, 0.3) is 0 Å². The summed E-state index contributed by atoms with van der Waals surface area (Å²) in [6.07, 6.45) is 1.36. The van der Waals surface area contributed by atoms with E-state index in [1.54, 1.807) is 6.92 Å². The monoisotopic (exact) mass is 318 g/mol. The van der Waals surface area contributed by atoms with Crippen molar-refractivity contribution in [3.05, 3.63) is 35.9 Å². The predicted octanol–water partition coefficient (Wildman–Crippen LogP) is 5.20. The fraction of sp³-hybridized carbons (Fsp3) is 0.389. The number of fused-ring (bicyclic) bond motifs is 1. The van der Waals surface area contributed by atoms with Gasteiger partial charge in [-0.15, -0.1) is 12.6 Å². The molecule has 0 aliphatic heterocycles. The van der Waals surface area contributed by atoms with Gasteiger partial charge in [-0.05, 0) is 55.0 Å². The summed E-state index contributed by atoms with van der Waals surface area (Å²) in [6.45, 7) is 6.45. The summed E-state index contributed by atoms with van der Waals surface area (Å²) in [5, 5.41) is 0. The van der Waals surface area contributed by atoms with E-state index >= 15 is 0 Å². The van der Waals surface area contributed by atoms with Crippen LogP contribution in [0.1, 0.15) is 32.8 Å². The van der Waals surface area contributed by atoms with Crippen molar-refractivity contribution < 1.29 is 14.3 Å². The Morgan fingerprint density at radius 2 is 2.00 bits per heavy atom. The molecule has 0 aromatic rings. The molecule has 2 rings (SSSR count). The van der Waals surface area contributed by atoms with E-state index in [4.69, 9.17) is 9.47 Å². The summed E-state index contributed by atoms with van der Waals surface area (Å²) in [5.74, 6) is 1.17. The number of carbonyl (C=O) groups excluding carboxylic acids is 1. The molecule has 0 amide bonds. The fourth-order valence-corrected chi connectivity index (χ4v) is 2.59. The zero-order chi connectivity index (χ0) is 16.1. The van der Waals surface area contributed by atoms with Gasteiger partial charge in [0.05, 0.1) is 6.61 Å². The summed E-state index contributed by atoms with van der Waals surface area (Å²) < 4.78 is 10.2. The first kappa shape index (κ1) is 16.7. The zero-order valence-corrected chi connectivity index (χ0v) is 14.2. The number of thiol groups is 1. The van der Waals surface area contributed by atoms with Crippen LogP contribution in [0, 0.1) is 5.92 Å². The molecule has 0 saturated heterocycles. The number of rotatable bonds is 5. The molecule has 0 atom stereocenters. The molecule has 22 heavy (non-hydrogen) atoms. The summed E-state index contributed by atoms with van der Waals surface area (Å²) in [6, 6.07) is 9.74. The van der Waals surface area contributed by atoms with Crippen molar-refractivity contribution in [1.29, 1.82) is 0 Å². The van der Waals surface area contributed by atoms with Crippen molar-refractivity contribution >= 4 is 18.8 Å². The molecule has 0 aromatic carbocycles. The second-order valence-electron chi connectivity index (χ2n) is 5.67. The Labute approximate surface area is 137 Å². The van der Waals surface area contributed by atoms with Crippen LogP contribution in [-0.4, -0.2) is 12.8 Å². The molecule has 0 fully saturated rings. The molecule has 118 valence electrons. The Morgan fingerprint density at radius 3 is 2.68 bits per heavy atom. The van der Waals surface area contributed by atoms with Gasteiger partial charge in [-0.2, -0.15) is 0 Å². The molecule has 0 aromatic heterocycles. The summed E-state index contributed by atoms with van der Waals surface area (Å²) >= 11 is 4.45. The maximum absolute atomic E-state index is 11.6. The molecule has 0 radical (unpaired) electrons. The first-order valence-electron chi connectivity index (χ1n) is 7.60. The predicted molar refractivity (Wildman–Crippen MR) is 91.1 cm³/mol. The highest BCUT2D eigenvalue weighted by molar-refractivity contribution is 7.80. The van der Waals surface area contributed by atoms with E-state index < -0.39 is 6.16 Å². The zero-order valence-electron chi connectivity index (χ0n) is 13.3. The number of carbonyl (C=O) groups is 1. The molecule has 3 nitrogen and oxygen atoms in total.